The third-order valence-corrected chi connectivity index (χ3v) is 7.43. The molecule has 4 nitrogen and oxygen atoms in total. The topological polar surface area (TPSA) is 43.6 Å². The third kappa shape index (κ3) is 3.85. The number of thiazole rings is 1. The molecule has 5 rings (SSSR count). The van der Waals surface area contributed by atoms with Gasteiger partial charge in [-0.05, 0) is 29.9 Å². The summed E-state index contributed by atoms with van der Waals surface area (Å²) in [7, 11) is 0. The van der Waals surface area contributed by atoms with Crippen LogP contribution in [0.25, 0.3) is 9.88 Å². The summed E-state index contributed by atoms with van der Waals surface area (Å²) in [4.78, 5) is 6.02. The molecule has 0 radical (unpaired) electrons. The lowest BCUT2D eigenvalue weighted by atomic mass is 10.2. The van der Waals surface area contributed by atoms with Crippen molar-refractivity contribution in [2.24, 2.45) is 0 Å². The van der Waals surface area contributed by atoms with Crippen molar-refractivity contribution in [2.75, 3.05) is 0 Å². The molecule has 0 unspecified atom stereocenters. The van der Waals surface area contributed by atoms with E-state index in [4.69, 9.17) is 4.98 Å². The van der Waals surface area contributed by atoms with E-state index in [1.165, 1.54) is 23.3 Å². The van der Waals surface area contributed by atoms with Gasteiger partial charge in [-0.1, -0.05) is 48.2 Å². The zero-order chi connectivity index (χ0) is 18.1. The van der Waals surface area contributed by atoms with E-state index in [1.807, 2.05) is 0 Å². The molecule has 4 aromatic rings. The number of benzene rings is 1. The number of rotatable bonds is 7. The Balaban J connectivity index is 1.34. The van der Waals surface area contributed by atoms with Crippen molar-refractivity contribution in [3.8, 4) is 9.88 Å². The van der Waals surface area contributed by atoms with Crippen molar-refractivity contribution in [3.05, 3.63) is 70.3 Å². The maximum absolute atomic E-state index is 4.79. The molecule has 0 aliphatic heterocycles. The average molecular weight is 411 g/mol. The van der Waals surface area contributed by atoms with E-state index in [-0.39, 0.29) is 0 Å². The maximum atomic E-state index is 4.79. The van der Waals surface area contributed by atoms with E-state index >= 15 is 0 Å². The van der Waals surface area contributed by atoms with Crippen LogP contribution in [-0.4, -0.2) is 19.7 Å². The lowest BCUT2D eigenvalue weighted by Gasteiger charge is -2.09. The van der Waals surface area contributed by atoms with Crippen LogP contribution in [0.4, 0.5) is 0 Å². The summed E-state index contributed by atoms with van der Waals surface area (Å²) in [6.07, 6.45) is 2.46. The quantitative estimate of drug-likeness (QED) is 0.368. The van der Waals surface area contributed by atoms with E-state index in [2.05, 4.69) is 68.0 Å². The lowest BCUT2D eigenvalue weighted by Crippen LogP contribution is -2.06. The molecule has 3 aromatic heterocycles. The van der Waals surface area contributed by atoms with Crippen molar-refractivity contribution in [1.82, 2.24) is 19.7 Å². The van der Waals surface area contributed by atoms with Gasteiger partial charge in [0.15, 0.2) is 5.16 Å². The fraction of sp³-hybridized carbons (Fsp3) is 0.250. The Labute approximate surface area is 170 Å². The van der Waals surface area contributed by atoms with Crippen molar-refractivity contribution in [2.45, 2.75) is 36.2 Å². The zero-order valence-electron chi connectivity index (χ0n) is 14.6. The molecule has 1 saturated carbocycles. The van der Waals surface area contributed by atoms with E-state index in [9.17, 15) is 0 Å². The molecule has 0 amide bonds. The normalized spacial score (nSPS) is 13.9. The van der Waals surface area contributed by atoms with Gasteiger partial charge >= 0.3 is 0 Å². The molecule has 0 bridgehead atoms. The molecule has 1 fully saturated rings. The van der Waals surface area contributed by atoms with E-state index in [0.29, 0.717) is 5.92 Å². The molecule has 1 aliphatic rings. The van der Waals surface area contributed by atoms with Gasteiger partial charge in [0, 0.05) is 17.1 Å². The smallest absolute Gasteiger partial charge is 0.191 e. The van der Waals surface area contributed by atoms with Crippen LogP contribution in [0.2, 0.25) is 0 Å². The van der Waals surface area contributed by atoms with Crippen LogP contribution in [0.3, 0.4) is 0 Å². The molecule has 0 spiro atoms. The first-order valence-corrected chi connectivity index (χ1v) is 11.7. The molecular weight excluding hydrogens is 392 g/mol. The molecule has 27 heavy (non-hydrogen) atoms. The minimum Gasteiger partial charge on any atom is -0.301 e. The highest BCUT2D eigenvalue weighted by atomic mass is 32.2. The van der Waals surface area contributed by atoms with Crippen molar-refractivity contribution in [3.63, 3.8) is 0 Å². The van der Waals surface area contributed by atoms with Crippen LogP contribution in [0.5, 0.6) is 0 Å². The lowest BCUT2D eigenvalue weighted by molar-refractivity contribution is 0.667. The molecule has 7 heteroatoms. The Hall–Kier alpha value is -1.96. The van der Waals surface area contributed by atoms with Crippen LogP contribution >= 0.6 is 34.4 Å². The predicted molar refractivity (Wildman–Crippen MR) is 113 cm³/mol. The van der Waals surface area contributed by atoms with Gasteiger partial charge in [0.05, 0.1) is 17.1 Å². The van der Waals surface area contributed by atoms with Crippen LogP contribution in [0, 0.1) is 0 Å². The molecule has 3 heterocycles. The standard InChI is InChI=1S/C20H18N4S3/c1-2-5-14(6-3-1)11-24-18(15-8-9-15)22-23-20(24)27-13-16-12-26-19(21-16)17-7-4-10-25-17/h1-7,10,12,15H,8-9,11,13H2. The number of aromatic nitrogens is 4. The summed E-state index contributed by atoms with van der Waals surface area (Å²) in [5.74, 6) is 2.54. The van der Waals surface area contributed by atoms with E-state index in [0.717, 1.165) is 34.0 Å². The number of thioether (sulfide) groups is 1. The van der Waals surface area contributed by atoms with Crippen LogP contribution in [0.15, 0.2) is 58.4 Å². The highest BCUT2D eigenvalue weighted by Crippen LogP contribution is 2.40. The summed E-state index contributed by atoms with van der Waals surface area (Å²) < 4.78 is 2.30. The predicted octanol–water partition coefficient (Wildman–Crippen LogP) is 5.68. The molecule has 0 saturated heterocycles. The van der Waals surface area contributed by atoms with Crippen LogP contribution in [-0.2, 0) is 12.3 Å². The summed E-state index contributed by atoms with van der Waals surface area (Å²) in [5.41, 5.74) is 2.39. The first kappa shape index (κ1) is 17.2. The largest absolute Gasteiger partial charge is 0.301 e. The minimum atomic E-state index is 0.584. The van der Waals surface area contributed by atoms with E-state index in [1.54, 1.807) is 34.4 Å². The van der Waals surface area contributed by atoms with Gasteiger partial charge in [-0.25, -0.2) is 4.98 Å². The van der Waals surface area contributed by atoms with Gasteiger partial charge in [-0.3, -0.25) is 0 Å². The maximum Gasteiger partial charge on any atom is 0.191 e. The van der Waals surface area contributed by atoms with Gasteiger partial charge < -0.3 is 4.57 Å². The van der Waals surface area contributed by atoms with Crippen molar-refractivity contribution in [1.29, 1.82) is 0 Å². The van der Waals surface area contributed by atoms with Gasteiger partial charge in [-0.2, -0.15) is 0 Å². The van der Waals surface area contributed by atoms with Gasteiger partial charge in [-0.15, -0.1) is 32.9 Å². The molecule has 1 aliphatic carbocycles. The van der Waals surface area contributed by atoms with Crippen molar-refractivity contribution < 1.29 is 0 Å². The number of hydrogen-bond donors (Lipinski definition) is 0. The van der Waals surface area contributed by atoms with Gasteiger partial charge in [0.1, 0.15) is 10.8 Å². The third-order valence-electron chi connectivity index (χ3n) is 4.50. The average Bonchev–Trinajstić information content (AvgIpc) is 3.11. The monoisotopic (exact) mass is 410 g/mol. The molecule has 136 valence electrons. The van der Waals surface area contributed by atoms with Gasteiger partial charge in [0.2, 0.25) is 0 Å². The van der Waals surface area contributed by atoms with Crippen LogP contribution in [0.1, 0.15) is 35.8 Å². The first-order valence-electron chi connectivity index (χ1n) is 8.95. The van der Waals surface area contributed by atoms with Crippen LogP contribution < -0.4 is 0 Å². The Morgan fingerprint density at radius 1 is 1.04 bits per heavy atom. The Morgan fingerprint density at radius 3 is 2.70 bits per heavy atom. The number of thiophene rings is 1. The minimum absolute atomic E-state index is 0.584. The zero-order valence-corrected chi connectivity index (χ0v) is 17.1. The summed E-state index contributed by atoms with van der Waals surface area (Å²) in [6, 6.07) is 14.8. The number of hydrogen-bond acceptors (Lipinski definition) is 6. The Kier molecular flexibility index (Phi) is 4.82. The molecular formula is C20H18N4S3. The number of nitrogens with zero attached hydrogens (tertiary/aromatic N) is 4. The SMILES string of the molecule is c1ccc(Cn2c(SCc3csc(-c4cccs4)n3)nnc2C2CC2)cc1. The first-order chi connectivity index (χ1) is 13.4. The summed E-state index contributed by atoms with van der Waals surface area (Å²) in [6.45, 7) is 0.833. The Bertz CT molecular complexity index is 1020. The van der Waals surface area contributed by atoms with Gasteiger partial charge in [0.25, 0.3) is 0 Å². The molecule has 1 aromatic carbocycles. The van der Waals surface area contributed by atoms with E-state index < -0.39 is 0 Å². The highest BCUT2D eigenvalue weighted by Gasteiger charge is 2.30. The summed E-state index contributed by atoms with van der Waals surface area (Å²) in [5, 5.41) is 15.3. The second-order valence-electron chi connectivity index (χ2n) is 6.60. The molecule has 0 N–H and O–H groups in total. The fourth-order valence-corrected chi connectivity index (χ4v) is 5.57. The summed E-state index contributed by atoms with van der Waals surface area (Å²) >= 11 is 5.18. The second kappa shape index (κ2) is 7.58. The second-order valence-corrected chi connectivity index (χ2v) is 9.35. The van der Waals surface area contributed by atoms with Crippen molar-refractivity contribution >= 4 is 34.4 Å². The fourth-order valence-electron chi connectivity index (χ4n) is 2.99. The highest BCUT2D eigenvalue weighted by molar-refractivity contribution is 7.98. The Morgan fingerprint density at radius 2 is 1.93 bits per heavy atom. The molecule has 0 atom stereocenters.